The van der Waals surface area contributed by atoms with Crippen molar-refractivity contribution in [1.82, 2.24) is 0 Å². The van der Waals surface area contributed by atoms with E-state index >= 15 is 0 Å². The Bertz CT molecular complexity index is 693. The number of hydrogen-bond donors (Lipinski definition) is 0. The molecule has 0 unspecified atom stereocenters. The lowest BCUT2D eigenvalue weighted by Crippen LogP contribution is -2.07. The van der Waals surface area contributed by atoms with Crippen LogP contribution in [0.2, 0.25) is 0 Å². The summed E-state index contributed by atoms with van der Waals surface area (Å²) in [5.74, 6) is -0.464. The number of rotatable bonds is 3. The lowest BCUT2D eigenvalue weighted by molar-refractivity contribution is -0.137. The Kier molecular flexibility index (Phi) is 4.40. The van der Waals surface area contributed by atoms with Gasteiger partial charge in [-0.2, -0.15) is 13.2 Å². The third kappa shape index (κ3) is 3.05. The molecule has 2 aromatic carbocycles. The van der Waals surface area contributed by atoms with Crippen molar-refractivity contribution in [2.75, 3.05) is 14.2 Å². The van der Waals surface area contributed by atoms with Gasteiger partial charge in [0.2, 0.25) is 0 Å². The summed E-state index contributed by atoms with van der Waals surface area (Å²) in [5.41, 5.74) is -0.275. The highest BCUT2D eigenvalue weighted by atomic mass is 19.4. The molecule has 22 heavy (non-hydrogen) atoms. The zero-order valence-corrected chi connectivity index (χ0v) is 11.9. The third-order valence-corrected chi connectivity index (χ3v) is 3.15. The smallest absolute Gasteiger partial charge is 0.417 e. The maximum Gasteiger partial charge on any atom is 0.417 e. The van der Waals surface area contributed by atoms with Crippen molar-refractivity contribution in [2.24, 2.45) is 0 Å². The minimum Gasteiger partial charge on any atom is -0.496 e. The van der Waals surface area contributed by atoms with E-state index in [1.165, 1.54) is 50.6 Å². The number of alkyl halides is 3. The van der Waals surface area contributed by atoms with Crippen LogP contribution in [0.3, 0.4) is 0 Å². The number of carbonyl (C=O) groups excluding carboxylic acids is 1. The summed E-state index contributed by atoms with van der Waals surface area (Å²) in [6.07, 6.45) is -4.47. The van der Waals surface area contributed by atoms with Gasteiger partial charge in [-0.05, 0) is 29.3 Å². The molecule has 0 bridgehead atoms. The average Bonchev–Trinajstić information content (AvgIpc) is 2.52. The molecule has 0 amide bonds. The Balaban J connectivity index is 2.58. The molecule has 3 nitrogen and oxygen atoms in total. The highest BCUT2D eigenvalue weighted by Gasteiger charge is 2.33. The molecule has 0 saturated heterocycles. The molecule has 6 heteroatoms. The Hall–Kier alpha value is -2.50. The van der Waals surface area contributed by atoms with Crippen LogP contribution >= 0.6 is 0 Å². The molecule has 0 heterocycles. The first-order valence-electron chi connectivity index (χ1n) is 6.31. The molecular weight excluding hydrogens is 297 g/mol. The standard InChI is InChI=1S/C16H13F3O3/c1-21-14-9-10(7-8-12(14)15(20)22-2)11-5-3-4-6-13(11)16(17,18)19/h3-9H,1-2H3. The van der Waals surface area contributed by atoms with Gasteiger partial charge >= 0.3 is 12.1 Å². The highest BCUT2D eigenvalue weighted by molar-refractivity contribution is 5.93. The summed E-state index contributed by atoms with van der Waals surface area (Å²) in [7, 11) is 2.55. The molecule has 0 aliphatic heterocycles. The van der Waals surface area contributed by atoms with Crippen molar-refractivity contribution in [2.45, 2.75) is 6.18 Å². The Morgan fingerprint density at radius 2 is 1.73 bits per heavy atom. The molecule has 0 fully saturated rings. The van der Waals surface area contributed by atoms with E-state index in [-0.39, 0.29) is 16.9 Å². The van der Waals surface area contributed by atoms with Crippen LogP contribution in [0.15, 0.2) is 42.5 Å². The van der Waals surface area contributed by atoms with E-state index in [4.69, 9.17) is 4.74 Å². The van der Waals surface area contributed by atoms with Crippen LogP contribution in [0.4, 0.5) is 13.2 Å². The number of benzene rings is 2. The molecule has 0 aliphatic rings. The van der Waals surface area contributed by atoms with Crippen LogP contribution in [0.5, 0.6) is 5.75 Å². The van der Waals surface area contributed by atoms with Gasteiger partial charge in [-0.3, -0.25) is 0 Å². The van der Waals surface area contributed by atoms with Crippen molar-refractivity contribution in [3.63, 3.8) is 0 Å². The monoisotopic (exact) mass is 310 g/mol. The molecule has 2 aromatic rings. The van der Waals surface area contributed by atoms with Gasteiger partial charge < -0.3 is 9.47 Å². The van der Waals surface area contributed by atoms with E-state index < -0.39 is 17.7 Å². The number of carbonyl (C=O) groups is 1. The quantitative estimate of drug-likeness (QED) is 0.798. The first-order chi connectivity index (χ1) is 10.4. The second kappa shape index (κ2) is 6.09. The Morgan fingerprint density at radius 3 is 2.32 bits per heavy atom. The third-order valence-electron chi connectivity index (χ3n) is 3.15. The molecule has 0 N–H and O–H groups in total. The SMILES string of the molecule is COC(=O)c1ccc(-c2ccccc2C(F)(F)F)cc1OC. The molecule has 0 saturated carbocycles. The number of methoxy groups -OCH3 is 2. The first-order valence-corrected chi connectivity index (χ1v) is 6.31. The van der Waals surface area contributed by atoms with Crippen LogP contribution in [0, 0.1) is 0 Å². The molecule has 0 aromatic heterocycles. The van der Waals surface area contributed by atoms with Crippen molar-refractivity contribution < 1.29 is 27.4 Å². The molecule has 116 valence electrons. The zero-order chi connectivity index (χ0) is 16.3. The summed E-state index contributed by atoms with van der Waals surface area (Å²) in [6.45, 7) is 0. The lowest BCUT2D eigenvalue weighted by Gasteiger charge is -2.14. The molecule has 0 radical (unpaired) electrons. The van der Waals surface area contributed by atoms with Crippen LogP contribution in [0.1, 0.15) is 15.9 Å². The fraction of sp³-hybridized carbons (Fsp3) is 0.188. The topological polar surface area (TPSA) is 35.5 Å². The molecule has 0 spiro atoms. The fourth-order valence-corrected chi connectivity index (χ4v) is 2.12. The van der Waals surface area contributed by atoms with Gasteiger partial charge in [0.1, 0.15) is 11.3 Å². The minimum absolute atomic E-state index is 0.0183. The summed E-state index contributed by atoms with van der Waals surface area (Å²) >= 11 is 0. The first kappa shape index (κ1) is 15.9. The molecule has 0 atom stereocenters. The summed E-state index contributed by atoms with van der Waals surface area (Å²) in [6, 6.07) is 9.42. The van der Waals surface area contributed by atoms with E-state index in [1.54, 1.807) is 0 Å². The van der Waals surface area contributed by atoms with E-state index in [2.05, 4.69) is 4.74 Å². The average molecular weight is 310 g/mol. The zero-order valence-electron chi connectivity index (χ0n) is 11.9. The highest BCUT2D eigenvalue weighted by Crippen LogP contribution is 2.38. The van der Waals surface area contributed by atoms with Gasteiger partial charge in [0.05, 0.1) is 19.8 Å². The second-order valence-electron chi connectivity index (χ2n) is 4.45. The summed E-state index contributed by atoms with van der Waals surface area (Å²) in [4.78, 5) is 11.6. The van der Waals surface area contributed by atoms with Crippen molar-refractivity contribution in [3.05, 3.63) is 53.6 Å². The van der Waals surface area contributed by atoms with Gasteiger partial charge in [0.15, 0.2) is 0 Å². The Morgan fingerprint density at radius 1 is 1.05 bits per heavy atom. The van der Waals surface area contributed by atoms with E-state index in [0.717, 1.165) is 6.07 Å². The number of halogens is 3. The lowest BCUT2D eigenvalue weighted by atomic mass is 9.98. The minimum atomic E-state index is -4.47. The number of ether oxygens (including phenoxy) is 2. The number of esters is 1. The normalized spacial score (nSPS) is 11.1. The van der Waals surface area contributed by atoms with Gasteiger partial charge in [0, 0.05) is 0 Å². The van der Waals surface area contributed by atoms with E-state index in [0.29, 0.717) is 5.56 Å². The van der Waals surface area contributed by atoms with E-state index in [1.807, 2.05) is 0 Å². The van der Waals surface area contributed by atoms with Crippen molar-refractivity contribution >= 4 is 5.97 Å². The predicted molar refractivity (Wildman–Crippen MR) is 74.8 cm³/mol. The Labute approximate surface area is 125 Å². The summed E-state index contributed by atoms with van der Waals surface area (Å²) < 4.78 is 48.9. The van der Waals surface area contributed by atoms with Gasteiger partial charge in [-0.25, -0.2) is 4.79 Å². The second-order valence-corrected chi connectivity index (χ2v) is 4.45. The van der Waals surface area contributed by atoms with E-state index in [9.17, 15) is 18.0 Å². The molecular formula is C16H13F3O3. The molecule has 2 rings (SSSR count). The van der Waals surface area contributed by atoms with Crippen molar-refractivity contribution in [3.8, 4) is 16.9 Å². The van der Waals surface area contributed by atoms with Gasteiger partial charge in [-0.15, -0.1) is 0 Å². The van der Waals surface area contributed by atoms with Crippen LogP contribution in [0.25, 0.3) is 11.1 Å². The maximum absolute atomic E-state index is 13.1. The summed E-state index contributed by atoms with van der Waals surface area (Å²) in [5, 5.41) is 0. The largest absolute Gasteiger partial charge is 0.496 e. The van der Waals surface area contributed by atoms with Crippen LogP contribution in [-0.2, 0) is 10.9 Å². The fourth-order valence-electron chi connectivity index (χ4n) is 2.12. The number of hydrogen-bond acceptors (Lipinski definition) is 3. The van der Waals surface area contributed by atoms with Crippen LogP contribution < -0.4 is 4.74 Å². The van der Waals surface area contributed by atoms with Gasteiger partial charge in [-0.1, -0.05) is 24.3 Å². The maximum atomic E-state index is 13.1. The predicted octanol–water partition coefficient (Wildman–Crippen LogP) is 4.17. The van der Waals surface area contributed by atoms with Gasteiger partial charge in [0.25, 0.3) is 0 Å². The molecule has 0 aliphatic carbocycles. The van der Waals surface area contributed by atoms with Crippen molar-refractivity contribution in [1.29, 1.82) is 0 Å². The van der Waals surface area contributed by atoms with Crippen LogP contribution in [-0.4, -0.2) is 20.2 Å².